The smallest absolute Gasteiger partial charge is 0.253 e. The van der Waals surface area contributed by atoms with Crippen molar-refractivity contribution in [3.8, 4) is 0 Å². The SMILES string of the molecule is O=C(c1ccc(F)cc1)N1CCC(C(=O)N2CCC(c3nc4ccncc4[nH]3)C2)CC1. The van der Waals surface area contributed by atoms with Crippen LogP contribution in [0.4, 0.5) is 4.39 Å². The van der Waals surface area contributed by atoms with Crippen LogP contribution in [0.15, 0.2) is 42.7 Å². The van der Waals surface area contributed by atoms with Crippen LogP contribution in [0, 0.1) is 11.7 Å². The lowest BCUT2D eigenvalue weighted by Crippen LogP contribution is -2.43. The minimum absolute atomic E-state index is 0.0594. The van der Waals surface area contributed by atoms with Gasteiger partial charge >= 0.3 is 0 Å². The van der Waals surface area contributed by atoms with Gasteiger partial charge in [0.2, 0.25) is 5.91 Å². The van der Waals surface area contributed by atoms with Crippen molar-refractivity contribution >= 4 is 22.8 Å². The quantitative estimate of drug-likeness (QED) is 0.705. The summed E-state index contributed by atoms with van der Waals surface area (Å²) in [4.78, 5) is 41.5. The normalized spacial score (nSPS) is 19.8. The minimum Gasteiger partial charge on any atom is -0.342 e. The molecule has 7 nitrogen and oxygen atoms in total. The van der Waals surface area contributed by atoms with Crippen LogP contribution < -0.4 is 0 Å². The number of amides is 2. The second-order valence-electron chi connectivity index (χ2n) is 8.36. The van der Waals surface area contributed by atoms with E-state index in [0.717, 1.165) is 29.8 Å². The van der Waals surface area contributed by atoms with Crippen molar-refractivity contribution in [3.05, 3.63) is 59.9 Å². The molecule has 0 bridgehead atoms. The fraction of sp³-hybridized carbons (Fsp3) is 0.391. The second kappa shape index (κ2) is 8.09. The van der Waals surface area contributed by atoms with Gasteiger partial charge in [0.1, 0.15) is 11.6 Å². The molecular formula is C23H24FN5O2. The maximum atomic E-state index is 13.1. The van der Waals surface area contributed by atoms with E-state index >= 15 is 0 Å². The third-order valence-electron chi connectivity index (χ3n) is 6.41. The van der Waals surface area contributed by atoms with Gasteiger partial charge in [0.25, 0.3) is 5.91 Å². The summed E-state index contributed by atoms with van der Waals surface area (Å²) >= 11 is 0. The highest BCUT2D eigenvalue weighted by atomic mass is 19.1. The first-order valence-electron chi connectivity index (χ1n) is 10.7. The number of nitrogens with one attached hydrogen (secondary N) is 1. The third-order valence-corrected chi connectivity index (χ3v) is 6.41. The van der Waals surface area contributed by atoms with Crippen molar-refractivity contribution < 1.29 is 14.0 Å². The molecule has 0 aliphatic carbocycles. The maximum Gasteiger partial charge on any atom is 0.253 e. The number of aromatic amines is 1. The van der Waals surface area contributed by atoms with Crippen LogP contribution in [0.3, 0.4) is 0 Å². The molecule has 2 amide bonds. The summed E-state index contributed by atoms with van der Waals surface area (Å²) in [7, 11) is 0. The number of hydrogen-bond acceptors (Lipinski definition) is 4. The summed E-state index contributed by atoms with van der Waals surface area (Å²) in [6.07, 6.45) is 5.70. The van der Waals surface area contributed by atoms with Gasteiger partial charge in [-0.25, -0.2) is 9.37 Å². The fourth-order valence-corrected chi connectivity index (χ4v) is 4.62. The van der Waals surface area contributed by atoms with Gasteiger partial charge in [0.05, 0.1) is 17.2 Å². The van der Waals surface area contributed by atoms with Crippen molar-refractivity contribution in [1.29, 1.82) is 0 Å². The zero-order valence-corrected chi connectivity index (χ0v) is 17.1. The molecule has 2 fully saturated rings. The number of rotatable bonds is 3. The highest BCUT2D eigenvalue weighted by molar-refractivity contribution is 5.94. The molecule has 1 N–H and O–H groups in total. The average Bonchev–Trinajstić information content (AvgIpc) is 3.46. The number of carbonyl (C=O) groups excluding carboxylic acids is 2. The van der Waals surface area contributed by atoms with E-state index in [1.807, 2.05) is 11.0 Å². The lowest BCUT2D eigenvalue weighted by molar-refractivity contribution is -0.135. The zero-order valence-electron chi connectivity index (χ0n) is 17.1. The minimum atomic E-state index is -0.357. The molecule has 0 spiro atoms. The number of pyridine rings is 1. The Hall–Kier alpha value is -3.29. The van der Waals surface area contributed by atoms with Crippen molar-refractivity contribution in [2.45, 2.75) is 25.2 Å². The lowest BCUT2D eigenvalue weighted by atomic mass is 9.95. The fourth-order valence-electron chi connectivity index (χ4n) is 4.62. The number of nitrogens with zero attached hydrogens (tertiary/aromatic N) is 4. The Labute approximate surface area is 179 Å². The number of H-pyrrole nitrogens is 1. The molecule has 31 heavy (non-hydrogen) atoms. The van der Waals surface area contributed by atoms with Gasteiger partial charge in [-0.05, 0) is 49.6 Å². The van der Waals surface area contributed by atoms with E-state index in [2.05, 4.69) is 15.0 Å². The Morgan fingerprint density at radius 3 is 2.48 bits per heavy atom. The summed E-state index contributed by atoms with van der Waals surface area (Å²) in [5, 5.41) is 0. The number of aromatic nitrogens is 3. The van der Waals surface area contributed by atoms with Crippen molar-refractivity contribution in [2.24, 2.45) is 5.92 Å². The third kappa shape index (κ3) is 3.89. The van der Waals surface area contributed by atoms with Gasteiger partial charge in [0, 0.05) is 49.8 Å². The Balaban J connectivity index is 1.17. The van der Waals surface area contributed by atoms with Crippen LogP contribution in [-0.2, 0) is 4.79 Å². The standard InChI is InChI=1S/C23H24FN5O2/c24-18-3-1-15(2-4-18)22(30)28-10-6-16(7-11-28)23(31)29-12-8-17(14-29)21-26-19-5-9-25-13-20(19)27-21/h1-5,9,13,16-17H,6-8,10-12,14H2,(H,26,27). The molecule has 1 unspecified atom stereocenters. The monoisotopic (exact) mass is 421 g/mol. The summed E-state index contributed by atoms with van der Waals surface area (Å²) in [6, 6.07) is 7.49. The number of imidazole rings is 1. The molecule has 2 aromatic heterocycles. The molecule has 1 aromatic carbocycles. The summed E-state index contributed by atoms with van der Waals surface area (Å²) < 4.78 is 13.1. The van der Waals surface area contributed by atoms with E-state index in [4.69, 9.17) is 0 Å². The molecule has 0 radical (unpaired) electrons. The summed E-state index contributed by atoms with van der Waals surface area (Å²) in [5.41, 5.74) is 2.29. The molecule has 5 rings (SSSR count). The van der Waals surface area contributed by atoms with Gasteiger partial charge in [-0.15, -0.1) is 0 Å². The van der Waals surface area contributed by atoms with Crippen LogP contribution >= 0.6 is 0 Å². The Morgan fingerprint density at radius 2 is 1.74 bits per heavy atom. The molecule has 160 valence electrons. The maximum absolute atomic E-state index is 13.1. The van der Waals surface area contributed by atoms with Crippen LogP contribution in [0.1, 0.15) is 41.4 Å². The van der Waals surface area contributed by atoms with E-state index in [-0.39, 0.29) is 29.5 Å². The highest BCUT2D eigenvalue weighted by Gasteiger charge is 2.35. The van der Waals surface area contributed by atoms with Crippen molar-refractivity contribution in [2.75, 3.05) is 26.2 Å². The number of piperidine rings is 1. The summed E-state index contributed by atoms with van der Waals surface area (Å²) in [6.45, 7) is 2.48. The first-order chi connectivity index (χ1) is 15.1. The second-order valence-corrected chi connectivity index (χ2v) is 8.36. The lowest BCUT2D eigenvalue weighted by Gasteiger charge is -2.33. The topological polar surface area (TPSA) is 82.2 Å². The van der Waals surface area contributed by atoms with Crippen molar-refractivity contribution in [3.63, 3.8) is 0 Å². The largest absolute Gasteiger partial charge is 0.342 e. The molecule has 2 aliphatic rings. The van der Waals surface area contributed by atoms with Gasteiger partial charge in [0.15, 0.2) is 0 Å². The molecule has 0 saturated carbocycles. The summed E-state index contributed by atoms with van der Waals surface area (Å²) in [5.74, 6) is 0.773. The van der Waals surface area contributed by atoms with Crippen LogP contribution in [0.25, 0.3) is 11.0 Å². The van der Waals surface area contributed by atoms with Gasteiger partial charge in [-0.1, -0.05) is 0 Å². The van der Waals surface area contributed by atoms with E-state index in [0.29, 0.717) is 38.0 Å². The molecule has 2 saturated heterocycles. The van der Waals surface area contributed by atoms with Gasteiger partial charge in [-0.3, -0.25) is 14.6 Å². The van der Waals surface area contributed by atoms with Crippen LogP contribution in [0.5, 0.6) is 0 Å². The molecular weight excluding hydrogens is 397 g/mol. The number of carbonyl (C=O) groups is 2. The zero-order chi connectivity index (χ0) is 21.4. The molecule has 3 aromatic rings. The highest BCUT2D eigenvalue weighted by Crippen LogP contribution is 2.30. The number of hydrogen-bond donors (Lipinski definition) is 1. The molecule has 1 atom stereocenters. The van der Waals surface area contributed by atoms with E-state index in [9.17, 15) is 14.0 Å². The molecule has 4 heterocycles. The average molecular weight is 421 g/mol. The first kappa shape index (κ1) is 19.7. The Bertz CT molecular complexity index is 1070. The van der Waals surface area contributed by atoms with E-state index < -0.39 is 0 Å². The number of likely N-dealkylation sites (tertiary alicyclic amines) is 2. The molecule has 8 heteroatoms. The molecule has 2 aliphatic heterocycles. The Morgan fingerprint density at radius 1 is 1.00 bits per heavy atom. The van der Waals surface area contributed by atoms with Crippen LogP contribution in [0.2, 0.25) is 0 Å². The first-order valence-corrected chi connectivity index (χ1v) is 10.7. The van der Waals surface area contributed by atoms with Gasteiger partial charge < -0.3 is 14.8 Å². The Kier molecular flexibility index (Phi) is 5.13. The number of fused-ring (bicyclic) bond motifs is 1. The predicted molar refractivity (Wildman–Crippen MR) is 113 cm³/mol. The van der Waals surface area contributed by atoms with Crippen molar-refractivity contribution in [1.82, 2.24) is 24.8 Å². The van der Waals surface area contributed by atoms with E-state index in [1.54, 1.807) is 17.3 Å². The van der Waals surface area contributed by atoms with E-state index in [1.165, 1.54) is 24.3 Å². The van der Waals surface area contributed by atoms with Crippen LogP contribution in [-0.4, -0.2) is 62.7 Å². The predicted octanol–water partition coefficient (Wildman–Crippen LogP) is 2.97. The number of halogens is 1. The number of benzene rings is 1. The van der Waals surface area contributed by atoms with Gasteiger partial charge in [-0.2, -0.15) is 0 Å².